The number of nitrogens with zero attached hydrogens (tertiary/aromatic N) is 4. The fourth-order valence-electron chi connectivity index (χ4n) is 3.85. The Balaban J connectivity index is 1.49. The van der Waals surface area contributed by atoms with Gasteiger partial charge in [0, 0.05) is 41.8 Å². The molecule has 0 aliphatic carbocycles. The lowest BCUT2D eigenvalue weighted by Crippen LogP contribution is -2.16. The lowest BCUT2D eigenvalue weighted by atomic mass is 9.98. The van der Waals surface area contributed by atoms with Crippen LogP contribution in [0, 0.1) is 18.6 Å². The third-order valence-electron chi connectivity index (χ3n) is 5.46. The van der Waals surface area contributed by atoms with E-state index >= 15 is 0 Å². The van der Waals surface area contributed by atoms with Crippen LogP contribution in [-0.2, 0) is 13.6 Å². The van der Waals surface area contributed by atoms with Crippen molar-refractivity contribution in [3.8, 4) is 0 Å². The van der Waals surface area contributed by atoms with Gasteiger partial charge in [-0.25, -0.2) is 8.78 Å². The second kappa shape index (κ2) is 7.09. The molecule has 8 heteroatoms. The maximum atomic E-state index is 14.9. The van der Waals surface area contributed by atoms with Crippen molar-refractivity contribution in [1.29, 1.82) is 0 Å². The number of aromatic nitrogens is 3. The molecular weight excluding hydrogens is 400 g/mol. The van der Waals surface area contributed by atoms with Gasteiger partial charge >= 0.3 is 0 Å². The SMILES string of the molecule is Cc1ncccc1C1=NCc2ccc(NC(=O)c3c(F)cc4c(cnn4C)c3F)cc21. The molecule has 1 aliphatic rings. The summed E-state index contributed by atoms with van der Waals surface area (Å²) in [6, 6.07) is 10.2. The Morgan fingerprint density at radius 2 is 2.00 bits per heavy atom. The number of fused-ring (bicyclic) bond motifs is 2. The van der Waals surface area contributed by atoms with Gasteiger partial charge in [0.15, 0.2) is 0 Å². The van der Waals surface area contributed by atoms with Crippen LogP contribution in [-0.4, -0.2) is 26.4 Å². The first-order chi connectivity index (χ1) is 14.9. The standard InChI is InChI=1S/C23H17F2N5O/c1-12-15(4-3-7-26-12)22-16-8-14(6-5-13(16)10-27-22)29-23(31)20-18(24)9-19-17(21(20)25)11-28-30(19)2/h3-9,11H,10H2,1-2H3,(H,29,31). The molecule has 1 amide bonds. The van der Waals surface area contributed by atoms with Gasteiger partial charge in [-0.1, -0.05) is 6.07 Å². The van der Waals surface area contributed by atoms with E-state index in [-0.39, 0.29) is 10.9 Å². The Bertz CT molecular complexity index is 1410. The van der Waals surface area contributed by atoms with Crippen LogP contribution in [0.2, 0.25) is 0 Å². The van der Waals surface area contributed by atoms with Gasteiger partial charge in [-0.2, -0.15) is 5.10 Å². The molecule has 0 saturated heterocycles. The zero-order chi connectivity index (χ0) is 21.7. The van der Waals surface area contributed by atoms with Gasteiger partial charge in [0.1, 0.15) is 17.2 Å². The Morgan fingerprint density at radius 3 is 2.81 bits per heavy atom. The Labute approximate surface area is 176 Å². The fourth-order valence-corrected chi connectivity index (χ4v) is 3.85. The first-order valence-corrected chi connectivity index (χ1v) is 9.65. The second-order valence-electron chi connectivity index (χ2n) is 7.38. The smallest absolute Gasteiger partial charge is 0.261 e. The van der Waals surface area contributed by atoms with Crippen LogP contribution in [0.25, 0.3) is 10.9 Å². The number of aliphatic imine (C=N–C) groups is 1. The van der Waals surface area contributed by atoms with Gasteiger partial charge in [-0.15, -0.1) is 0 Å². The maximum Gasteiger partial charge on any atom is 0.261 e. The Hall–Kier alpha value is -3.94. The number of rotatable bonds is 3. The molecule has 0 spiro atoms. The fraction of sp³-hybridized carbons (Fsp3) is 0.130. The number of pyridine rings is 1. The number of aryl methyl sites for hydroxylation is 2. The average Bonchev–Trinajstić information content (AvgIpc) is 3.32. The number of anilines is 1. The molecule has 3 heterocycles. The van der Waals surface area contributed by atoms with Gasteiger partial charge in [-0.05, 0) is 36.8 Å². The van der Waals surface area contributed by atoms with Crippen molar-refractivity contribution in [2.45, 2.75) is 13.5 Å². The van der Waals surface area contributed by atoms with Crippen LogP contribution in [0.4, 0.5) is 14.5 Å². The quantitative estimate of drug-likeness (QED) is 0.544. The number of benzene rings is 2. The van der Waals surface area contributed by atoms with Gasteiger partial charge in [0.25, 0.3) is 5.91 Å². The van der Waals surface area contributed by atoms with Crippen molar-refractivity contribution in [1.82, 2.24) is 14.8 Å². The van der Waals surface area contributed by atoms with E-state index in [0.717, 1.165) is 34.2 Å². The van der Waals surface area contributed by atoms with Crippen LogP contribution < -0.4 is 5.32 Å². The minimum atomic E-state index is -0.944. The number of carbonyl (C=O) groups is 1. The third kappa shape index (κ3) is 3.07. The van der Waals surface area contributed by atoms with Crippen molar-refractivity contribution in [3.05, 3.63) is 88.4 Å². The molecular formula is C23H17F2N5O. The lowest BCUT2D eigenvalue weighted by molar-refractivity contribution is 0.101. The number of nitrogens with one attached hydrogen (secondary N) is 1. The summed E-state index contributed by atoms with van der Waals surface area (Å²) >= 11 is 0. The minimum Gasteiger partial charge on any atom is -0.322 e. The summed E-state index contributed by atoms with van der Waals surface area (Å²) in [7, 11) is 1.58. The molecule has 0 fully saturated rings. The van der Waals surface area contributed by atoms with Crippen molar-refractivity contribution in [2.24, 2.45) is 12.0 Å². The highest BCUT2D eigenvalue weighted by molar-refractivity contribution is 6.16. The van der Waals surface area contributed by atoms with Crippen molar-refractivity contribution >= 4 is 28.2 Å². The molecule has 2 aromatic heterocycles. The van der Waals surface area contributed by atoms with E-state index in [0.29, 0.717) is 12.2 Å². The molecule has 0 unspecified atom stereocenters. The molecule has 0 saturated carbocycles. The van der Waals surface area contributed by atoms with Crippen molar-refractivity contribution in [2.75, 3.05) is 5.32 Å². The maximum absolute atomic E-state index is 14.9. The lowest BCUT2D eigenvalue weighted by Gasteiger charge is -2.11. The van der Waals surface area contributed by atoms with Gasteiger partial charge in [0.05, 0.1) is 29.4 Å². The summed E-state index contributed by atoms with van der Waals surface area (Å²) in [4.78, 5) is 21.7. The molecule has 2 aromatic carbocycles. The number of hydrogen-bond donors (Lipinski definition) is 1. The molecule has 0 atom stereocenters. The third-order valence-corrected chi connectivity index (χ3v) is 5.46. The van der Waals surface area contributed by atoms with Crippen LogP contribution in [0.3, 0.4) is 0 Å². The van der Waals surface area contributed by atoms with E-state index in [9.17, 15) is 13.6 Å². The molecule has 31 heavy (non-hydrogen) atoms. The van der Waals surface area contributed by atoms with Crippen molar-refractivity contribution < 1.29 is 13.6 Å². The Morgan fingerprint density at radius 1 is 1.16 bits per heavy atom. The first-order valence-electron chi connectivity index (χ1n) is 9.65. The topological polar surface area (TPSA) is 72.2 Å². The van der Waals surface area contributed by atoms with E-state index in [1.54, 1.807) is 25.4 Å². The molecule has 0 bridgehead atoms. The molecule has 1 N–H and O–H groups in total. The summed E-state index contributed by atoms with van der Waals surface area (Å²) in [6.45, 7) is 2.43. The van der Waals surface area contributed by atoms with E-state index in [1.807, 2.05) is 25.1 Å². The molecule has 5 rings (SSSR count). The second-order valence-corrected chi connectivity index (χ2v) is 7.38. The molecule has 0 radical (unpaired) electrons. The van der Waals surface area contributed by atoms with Crippen molar-refractivity contribution in [3.63, 3.8) is 0 Å². The van der Waals surface area contributed by atoms with E-state index < -0.39 is 23.1 Å². The largest absolute Gasteiger partial charge is 0.322 e. The average molecular weight is 417 g/mol. The van der Waals surface area contributed by atoms with Crippen LogP contribution in [0.15, 0.2) is 53.8 Å². The van der Waals surface area contributed by atoms with E-state index in [1.165, 1.54) is 10.9 Å². The monoisotopic (exact) mass is 417 g/mol. The summed E-state index contributed by atoms with van der Waals surface area (Å²) in [5.41, 5.74) is 4.45. The minimum absolute atomic E-state index is 0.0875. The van der Waals surface area contributed by atoms with E-state index in [4.69, 9.17) is 0 Å². The molecule has 154 valence electrons. The predicted octanol–water partition coefficient (Wildman–Crippen LogP) is 4.16. The van der Waals surface area contributed by atoms with Gasteiger partial charge in [-0.3, -0.25) is 19.5 Å². The molecule has 1 aliphatic heterocycles. The predicted molar refractivity (Wildman–Crippen MR) is 113 cm³/mol. The highest BCUT2D eigenvalue weighted by atomic mass is 19.1. The van der Waals surface area contributed by atoms with E-state index in [2.05, 4.69) is 20.4 Å². The molecule has 6 nitrogen and oxygen atoms in total. The number of halogens is 2. The number of amides is 1. The van der Waals surface area contributed by atoms with Crippen LogP contribution in [0.1, 0.15) is 32.7 Å². The van der Waals surface area contributed by atoms with Crippen LogP contribution >= 0.6 is 0 Å². The number of carbonyl (C=O) groups excluding carboxylic acids is 1. The molecule has 4 aromatic rings. The summed E-state index contributed by atoms with van der Waals surface area (Å²) < 4.78 is 30.8. The van der Waals surface area contributed by atoms with Crippen LogP contribution in [0.5, 0.6) is 0 Å². The Kier molecular flexibility index (Phi) is 4.35. The first kappa shape index (κ1) is 19.0. The highest BCUT2D eigenvalue weighted by Gasteiger charge is 2.24. The number of hydrogen-bond acceptors (Lipinski definition) is 4. The highest BCUT2D eigenvalue weighted by Crippen LogP contribution is 2.28. The van der Waals surface area contributed by atoms with Gasteiger partial charge in [0.2, 0.25) is 0 Å². The normalized spacial score (nSPS) is 12.7. The zero-order valence-electron chi connectivity index (χ0n) is 16.8. The summed E-state index contributed by atoms with van der Waals surface area (Å²) in [6.07, 6.45) is 2.99. The van der Waals surface area contributed by atoms with Gasteiger partial charge < -0.3 is 5.32 Å². The summed E-state index contributed by atoms with van der Waals surface area (Å²) in [5.74, 6) is -2.75. The zero-order valence-corrected chi connectivity index (χ0v) is 16.8. The summed E-state index contributed by atoms with van der Waals surface area (Å²) in [5, 5.41) is 6.62.